The first-order chi connectivity index (χ1) is 8.04. The van der Waals surface area contributed by atoms with E-state index in [-0.39, 0.29) is 17.6 Å². The summed E-state index contributed by atoms with van der Waals surface area (Å²) in [6.07, 6.45) is 0. The van der Waals surface area contributed by atoms with Crippen LogP contribution in [0.5, 0.6) is 0 Å². The minimum absolute atomic E-state index is 0.0696. The molecule has 0 amide bonds. The summed E-state index contributed by atoms with van der Waals surface area (Å²) in [5.41, 5.74) is 6.72. The third kappa shape index (κ3) is 2.68. The molecule has 2 atom stereocenters. The summed E-state index contributed by atoms with van der Waals surface area (Å²) in [5, 5.41) is 3.09. The molecule has 5 heteroatoms. The minimum Gasteiger partial charge on any atom is -0.379 e. The number of hydrogen-bond donors (Lipinski definition) is 1. The second-order valence-electron chi connectivity index (χ2n) is 4.83. The van der Waals surface area contributed by atoms with Crippen molar-refractivity contribution in [2.45, 2.75) is 38.3 Å². The highest BCUT2D eigenvalue weighted by atomic mass is 32.1. The molecule has 1 aliphatic rings. The largest absolute Gasteiger partial charge is 0.379 e. The smallest absolute Gasteiger partial charge is 0.124 e. The molecule has 0 aliphatic carbocycles. The zero-order valence-electron chi connectivity index (χ0n) is 10.6. The van der Waals surface area contributed by atoms with Crippen LogP contribution in [-0.4, -0.2) is 30.8 Å². The number of hydrogen-bond acceptors (Lipinski definition) is 5. The highest BCUT2D eigenvalue weighted by Gasteiger charge is 2.31. The third-order valence-corrected chi connectivity index (χ3v) is 4.21. The van der Waals surface area contributed by atoms with E-state index >= 15 is 0 Å². The predicted octanol–water partition coefficient (Wildman–Crippen LogP) is 1.86. The van der Waals surface area contributed by atoms with Gasteiger partial charge in [0.2, 0.25) is 0 Å². The lowest BCUT2D eigenvalue weighted by molar-refractivity contribution is -0.0142. The number of aromatic nitrogens is 1. The second kappa shape index (κ2) is 5.02. The molecule has 96 valence electrons. The highest BCUT2D eigenvalue weighted by Crippen LogP contribution is 2.32. The molecule has 4 nitrogen and oxygen atoms in total. The maximum atomic E-state index is 6.00. The van der Waals surface area contributed by atoms with E-state index in [0.29, 0.717) is 19.8 Å². The normalized spacial score (nSPS) is 25.4. The van der Waals surface area contributed by atoms with Crippen molar-refractivity contribution in [1.29, 1.82) is 0 Å². The van der Waals surface area contributed by atoms with Crippen LogP contribution in [0.1, 0.15) is 37.4 Å². The van der Waals surface area contributed by atoms with Crippen LogP contribution in [-0.2, 0) is 15.1 Å². The molecular formula is C12H20N2O2S. The van der Waals surface area contributed by atoms with Crippen LogP contribution in [0.25, 0.3) is 0 Å². The van der Waals surface area contributed by atoms with Crippen molar-refractivity contribution < 1.29 is 9.47 Å². The first-order valence-corrected chi connectivity index (χ1v) is 6.85. The van der Waals surface area contributed by atoms with Gasteiger partial charge in [-0.3, -0.25) is 0 Å². The molecule has 2 rings (SSSR count). The van der Waals surface area contributed by atoms with Gasteiger partial charge < -0.3 is 15.2 Å². The molecule has 0 saturated carbocycles. The molecule has 0 radical (unpaired) electrons. The Bertz CT molecular complexity index is 378. The summed E-state index contributed by atoms with van der Waals surface area (Å²) in [6, 6.07) is 0.0696. The lowest BCUT2D eigenvalue weighted by Crippen LogP contribution is -2.27. The van der Waals surface area contributed by atoms with Gasteiger partial charge in [-0.25, -0.2) is 4.98 Å². The molecule has 2 N–H and O–H groups in total. The van der Waals surface area contributed by atoms with Crippen LogP contribution >= 0.6 is 11.3 Å². The van der Waals surface area contributed by atoms with Gasteiger partial charge in [-0.15, -0.1) is 11.3 Å². The van der Waals surface area contributed by atoms with E-state index in [1.165, 1.54) is 0 Å². The van der Waals surface area contributed by atoms with Gasteiger partial charge in [0.15, 0.2) is 0 Å². The van der Waals surface area contributed by atoms with E-state index in [2.05, 4.69) is 10.4 Å². The SMILES string of the molecule is CCOC(C)(C)c1nc(C2COCC2N)cs1. The second-order valence-corrected chi connectivity index (χ2v) is 5.69. The first kappa shape index (κ1) is 13.0. The van der Waals surface area contributed by atoms with E-state index in [1.54, 1.807) is 11.3 Å². The molecule has 2 unspecified atom stereocenters. The van der Waals surface area contributed by atoms with Gasteiger partial charge in [0.1, 0.15) is 10.6 Å². The van der Waals surface area contributed by atoms with E-state index in [1.807, 2.05) is 20.8 Å². The molecule has 17 heavy (non-hydrogen) atoms. The topological polar surface area (TPSA) is 57.4 Å². The molecule has 1 aromatic heterocycles. The molecule has 1 saturated heterocycles. The Balaban J connectivity index is 2.15. The van der Waals surface area contributed by atoms with Crippen molar-refractivity contribution >= 4 is 11.3 Å². The zero-order valence-corrected chi connectivity index (χ0v) is 11.4. The maximum Gasteiger partial charge on any atom is 0.124 e. The fourth-order valence-electron chi connectivity index (χ4n) is 2.03. The molecule has 0 aromatic carbocycles. The highest BCUT2D eigenvalue weighted by molar-refractivity contribution is 7.09. The van der Waals surface area contributed by atoms with Gasteiger partial charge in [-0.05, 0) is 20.8 Å². The van der Waals surface area contributed by atoms with Crippen LogP contribution in [0.3, 0.4) is 0 Å². The van der Waals surface area contributed by atoms with E-state index < -0.39 is 0 Å². The average Bonchev–Trinajstić information content (AvgIpc) is 2.85. The number of thiazole rings is 1. The van der Waals surface area contributed by atoms with Crippen molar-refractivity contribution in [2.24, 2.45) is 5.73 Å². The standard InChI is InChI=1S/C12H20N2O2S/c1-4-16-12(2,3)11-14-10(7-17-11)8-5-15-6-9(8)13/h7-9H,4-6,13H2,1-3H3. The molecule has 1 aromatic rings. The van der Waals surface area contributed by atoms with Crippen molar-refractivity contribution in [3.8, 4) is 0 Å². The predicted molar refractivity (Wildman–Crippen MR) is 68.3 cm³/mol. The van der Waals surface area contributed by atoms with E-state index in [0.717, 1.165) is 10.7 Å². The van der Waals surface area contributed by atoms with E-state index in [4.69, 9.17) is 15.2 Å². The fraction of sp³-hybridized carbons (Fsp3) is 0.750. The van der Waals surface area contributed by atoms with Crippen LogP contribution in [0.15, 0.2) is 5.38 Å². The Labute approximate surface area is 106 Å². The summed E-state index contributed by atoms with van der Waals surface area (Å²) in [7, 11) is 0. The van der Waals surface area contributed by atoms with Gasteiger partial charge in [0.05, 0.1) is 18.9 Å². The van der Waals surface area contributed by atoms with Crippen molar-refractivity contribution in [3.05, 3.63) is 16.1 Å². The quantitative estimate of drug-likeness (QED) is 0.893. The summed E-state index contributed by atoms with van der Waals surface area (Å²) < 4.78 is 11.1. The van der Waals surface area contributed by atoms with Crippen LogP contribution < -0.4 is 5.73 Å². The Hall–Kier alpha value is -0.490. The van der Waals surface area contributed by atoms with Crippen molar-refractivity contribution in [3.63, 3.8) is 0 Å². The monoisotopic (exact) mass is 256 g/mol. The molecule has 1 fully saturated rings. The van der Waals surface area contributed by atoms with Gasteiger partial charge >= 0.3 is 0 Å². The fourth-order valence-corrected chi connectivity index (χ4v) is 2.99. The Morgan fingerprint density at radius 2 is 2.35 bits per heavy atom. The van der Waals surface area contributed by atoms with Gasteiger partial charge in [-0.2, -0.15) is 0 Å². The van der Waals surface area contributed by atoms with Gasteiger partial charge in [0, 0.05) is 23.9 Å². The first-order valence-electron chi connectivity index (χ1n) is 5.97. The van der Waals surface area contributed by atoms with Crippen LogP contribution in [0, 0.1) is 0 Å². The zero-order chi connectivity index (χ0) is 12.5. The Kier molecular flexibility index (Phi) is 3.82. The molecule has 0 bridgehead atoms. The molecule has 2 heterocycles. The minimum atomic E-state index is -0.318. The Morgan fingerprint density at radius 3 is 2.94 bits per heavy atom. The lowest BCUT2D eigenvalue weighted by atomic mass is 10.0. The summed E-state index contributed by atoms with van der Waals surface area (Å²) >= 11 is 1.64. The Morgan fingerprint density at radius 1 is 1.59 bits per heavy atom. The average molecular weight is 256 g/mol. The molecule has 0 spiro atoms. The molecular weight excluding hydrogens is 236 g/mol. The molecule has 1 aliphatic heterocycles. The lowest BCUT2D eigenvalue weighted by Gasteiger charge is -2.21. The number of rotatable bonds is 4. The summed E-state index contributed by atoms with van der Waals surface area (Å²) in [6.45, 7) is 8.09. The summed E-state index contributed by atoms with van der Waals surface area (Å²) in [4.78, 5) is 4.67. The van der Waals surface area contributed by atoms with Gasteiger partial charge in [-0.1, -0.05) is 0 Å². The summed E-state index contributed by atoms with van der Waals surface area (Å²) in [5.74, 6) is 0.234. The van der Waals surface area contributed by atoms with Crippen molar-refractivity contribution in [1.82, 2.24) is 4.98 Å². The van der Waals surface area contributed by atoms with E-state index in [9.17, 15) is 0 Å². The third-order valence-electron chi connectivity index (χ3n) is 3.05. The van der Waals surface area contributed by atoms with Crippen molar-refractivity contribution in [2.75, 3.05) is 19.8 Å². The van der Waals surface area contributed by atoms with Crippen LogP contribution in [0.2, 0.25) is 0 Å². The van der Waals surface area contributed by atoms with Gasteiger partial charge in [0.25, 0.3) is 0 Å². The number of ether oxygens (including phenoxy) is 2. The van der Waals surface area contributed by atoms with Crippen LogP contribution in [0.4, 0.5) is 0 Å². The number of nitrogens with two attached hydrogens (primary N) is 1. The maximum absolute atomic E-state index is 6.00. The number of nitrogens with zero attached hydrogens (tertiary/aromatic N) is 1.